The van der Waals surface area contributed by atoms with Crippen LogP contribution in [-0.2, 0) is 11.3 Å². The normalized spacial score (nSPS) is 11.0. The van der Waals surface area contributed by atoms with Gasteiger partial charge in [0.05, 0.1) is 23.3 Å². The summed E-state index contributed by atoms with van der Waals surface area (Å²) in [6.45, 7) is 2.40. The third-order valence-electron chi connectivity index (χ3n) is 4.05. The van der Waals surface area contributed by atoms with Gasteiger partial charge in [-0.3, -0.25) is 9.36 Å². The lowest BCUT2D eigenvalue weighted by Crippen LogP contribution is -2.25. The van der Waals surface area contributed by atoms with Crippen LogP contribution in [0.3, 0.4) is 0 Å². The molecule has 4 rings (SSSR count). The van der Waals surface area contributed by atoms with E-state index in [4.69, 9.17) is 0 Å². The fourth-order valence-electron chi connectivity index (χ4n) is 2.66. The largest absolute Gasteiger partial charge is 0.348 e. The molecule has 2 aromatic carbocycles. The number of nitrogens with one attached hydrogen (secondary N) is 2. The van der Waals surface area contributed by atoms with E-state index in [0.29, 0.717) is 11.7 Å². The number of benzene rings is 2. The number of aromatic nitrogens is 5. The molecule has 0 aliphatic heterocycles. The number of aryl methyl sites for hydroxylation is 1. The summed E-state index contributed by atoms with van der Waals surface area (Å²) in [5, 5.41) is 11.6. The monoisotopic (exact) mass is 378 g/mol. The van der Waals surface area contributed by atoms with Crippen molar-refractivity contribution in [1.29, 1.82) is 0 Å². The maximum Gasteiger partial charge on any atom is 0.230 e. The molecule has 0 saturated carbocycles. The van der Waals surface area contributed by atoms with Gasteiger partial charge in [0.2, 0.25) is 5.91 Å². The minimum Gasteiger partial charge on any atom is -0.348 e. The summed E-state index contributed by atoms with van der Waals surface area (Å²) in [5.74, 6) is 0.904. The number of H-pyrrole nitrogens is 1. The Morgan fingerprint density at radius 1 is 1.19 bits per heavy atom. The first-order valence-corrected chi connectivity index (χ1v) is 9.48. The lowest BCUT2D eigenvalue weighted by Gasteiger charge is -2.07. The Labute approximate surface area is 160 Å². The standard InChI is InChI=1S/C19H18N6OS/c1-13-6-8-14(9-7-13)25-12-21-24-19(25)27-11-18(26)20-10-17-22-15-4-2-3-5-16(15)23-17/h2-9,12H,10-11H2,1H3,(H,20,26)(H,22,23). The molecule has 0 unspecified atom stereocenters. The molecular formula is C19H18N6OS. The van der Waals surface area contributed by atoms with E-state index in [2.05, 4.69) is 25.5 Å². The van der Waals surface area contributed by atoms with E-state index in [1.807, 2.05) is 60.0 Å². The van der Waals surface area contributed by atoms with E-state index in [1.54, 1.807) is 6.33 Å². The lowest BCUT2D eigenvalue weighted by molar-refractivity contribution is -0.118. The number of hydrogen-bond donors (Lipinski definition) is 2. The number of rotatable bonds is 6. The van der Waals surface area contributed by atoms with Gasteiger partial charge in [0.1, 0.15) is 12.2 Å². The van der Waals surface area contributed by atoms with Gasteiger partial charge in [-0.2, -0.15) is 0 Å². The highest BCUT2D eigenvalue weighted by atomic mass is 32.2. The molecule has 2 aromatic heterocycles. The molecular weight excluding hydrogens is 360 g/mol. The molecule has 0 bridgehead atoms. The Kier molecular flexibility index (Phi) is 4.88. The zero-order valence-electron chi connectivity index (χ0n) is 14.7. The van der Waals surface area contributed by atoms with Gasteiger partial charge in [-0.05, 0) is 31.2 Å². The van der Waals surface area contributed by atoms with E-state index < -0.39 is 0 Å². The molecule has 8 heteroatoms. The van der Waals surface area contributed by atoms with Crippen LogP contribution in [0.4, 0.5) is 0 Å². The molecule has 1 amide bonds. The molecule has 2 heterocycles. The average molecular weight is 378 g/mol. The Bertz CT molecular complexity index is 1040. The third-order valence-corrected chi connectivity index (χ3v) is 5.00. The summed E-state index contributed by atoms with van der Waals surface area (Å²) in [6.07, 6.45) is 1.65. The zero-order valence-corrected chi connectivity index (χ0v) is 15.5. The highest BCUT2D eigenvalue weighted by molar-refractivity contribution is 7.99. The second kappa shape index (κ2) is 7.63. The van der Waals surface area contributed by atoms with Gasteiger partial charge in [0.25, 0.3) is 0 Å². The van der Waals surface area contributed by atoms with E-state index in [-0.39, 0.29) is 11.7 Å². The summed E-state index contributed by atoms with van der Waals surface area (Å²) in [6, 6.07) is 15.9. The summed E-state index contributed by atoms with van der Waals surface area (Å²) in [7, 11) is 0. The number of amides is 1. The number of carbonyl (C=O) groups excluding carboxylic acids is 1. The Hall–Kier alpha value is -3.13. The van der Waals surface area contributed by atoms with Crippen molar-refractivity contribution < 1.29 is 4.79 Å². The Morgan fingerprint density at radius 2 is 2.00 bits per heavy atom. The minimum atomic E-state index is -0.0843. The molecule has 0 aliphatic carbocycles. The summed E-state index contributed by atoms with van der Waals surface area (Å²) in [4.78, 5) is 19.8. The number of para-hydroxylation sites is 2. The second-order valence-corrected chi connectivity index (χ2v) is 7.03. The van der Waals surface area contributed by atoms with Crippen molar-refractivity contribution in [1.82, 2.24) is 30.0 Å². The van der Waals surface area contributed by atoms with Crippen LogP contribution in [-0.4, -0.2) is 36.4 Å². The zero-order chi connectivity index (χ0) is 18.6. The quantitative estimate of drug-likeness (QED) is 0.504. The average Bonchev–Trinajstić information content (AvgIpc) is 3.31. The summed E-state index contributed by atoms with van der Waals surface area (Å²) in [5.41, 5.74) is 4.01. The molecule has 4 aromatic rings. The van der Waals surface area contributed by atoms with Gasteiger partial charge in [-0.15, -0.1) is 10.2 Å². The van der Waals surface area contributed by atoms with Crippen molar-refractivity contribution in [3.8, 4) is 5.69 Å². The topological polar surface area (TPSA) is 88.5 Å². The van der Waals surface area contributed by atoms with Crippen LogP contribution in [0, 0.1) is 6.92 Å². The van der Waals surface area contributed by atoms with Gasteiger partial charge < -0.3 is 10.3 Å². The van der Waals surface area contributed by atoms with E-state index in [0.717, 1.165) is 22.5 Å². The first-order valence-electron chi connectivity index (χ1n) is 8.49. The molecule has 0 fully saturated rings. The van der Waals surface area contributed by atoms with Crippen molar-refractivity contribution in [2.24, 2.45) is 0 Å². The summed E-state index contributed by atoms with van der Waals surface area (Å²) >= 11 is 1.35. The fourth-order valence-corrected chi connectivity index (χ4v) is 3.42. The third kappa shape index (κ3) is 4.01. The van der Waals surface area contributed by atoms with Crippen LogP contribution < -0.4 is 5.32 Å². The number of hydrogen-bond acceptors (Lipinski definition) is 5. The van der Waals surface area contributed by atoms with E-state index in [9.17, 15) is 4.79 Å². The highest BCUT2D eigenvalue weighted by Gasteiger charge is 2.11. The number of imidazole rings is 1. The molecule has 0 spiro atoms. The predicted molar refractivity (Wildman–Crippen MR) is 105 cm³/mol. The summed E-state index contributed by atoms with van der Waals surface area (Å²) < 4.78 is 1.87. The fraction of sp³-hybridized carbons (Fsp3) is 0.158. The van der Waals surface area contributed by atoms with Gasteiger partial charge in [-0.25, -0.2) is 4.98 Å². The number of carbonyl (C=O) groups is 1. The van der Waals surface area contributed by atoms with Gasteiger partial charge in [-0.1, -0.05) is 41.6 Å². The molecule has 7 nitrogen and oxygen atoms in total. The molecule has 0 saturated heterocycles. The molecule has 136 valence electrons. The molecule has 0 aliphatic rings. The maximum absolute atomic E-state index is 12.2. The molecule has 0 atom stereocenters. The van der Waals surface area contributed by atoms with Crippen molar-refractivity contribution >= 4 is 28.7 Å². The van der Waals surface area contributed by atoms with Crippen molar-refractivity contribution in [3.05, 3.63) is 66.2 Å². The van der Waals surface area contributed by atoms with Gasteiger partial charge in [0, 0.05) is 5.69 Å². The van der Waals surface area contributed by atoms with E-state index >= 15 is 0 Å². The lowest BCUT2D eigenvalue weighted by atomic mass is 10.2. The first-order chi connectivity index (χ1) is 13.2. The number of aromatic amines is 1. The Balaban J connectivity index is 1.34. The van der Waals surface area contributed by atoms with Crippen LogP contribution in [0.25, 0.3) is 16.7 Å². The van der Waals surface area contributed by atoms with Crippen LogP contribution in [0.2, 0.25) is 0 Å². The molecule has 27 heavy (non-hydrogen) atoms. The van der Waals surface area contributed by atoms with Crippen LogP contribution in [0.5, 0.6) is 0 Å². The van der Waals surface area contributed by atoms with Crippen molar-refractivity contribution in [2.45, 2.75) is 18.6 Å². The smallest absolute Gasteiger partial charge is 0.230 e. The van der Waals surface area contributed by atoms with Crippen LogP contribution in [0.1, 0.15) is 11.4 Å². The number of nitrogens with zero attached hydrogens (tertiary/aromatic N) is 4. The molecule has 2 N–H and O–H groups in total. The second-order valence-electron chi connectivity index (χ2n) is 6.09. The first kappa shape index (κ1) is 17.3. The highest BCUT2D eigenvalue weighted by Crippen LogP contribution is 2.19. The molecule has 0 radical (unpaired) electrons. The van der Waals surface area contributed by atoms with Crippen LogP contribution in [0.15, 0.2) is 60.0 Å². The number of thioether (sulfide) groups is 1. The van der Waals surface area contributed by atoms with Crippen molar-refractivity contribution in [2.75, 3.05) is 5.75 Å². The van der Waals surface area contributed by atoms with Gasteiger partial charge in [0.15, 0.2) is 5.16 Å². The minimum absolute atomic E-state index is 0.0843. The predicted octanol–water partition coefficient (Wildman–Crippen LogP) is 2.86. The SMILES string of the molecule is Cc1ccc(-n2cnnc2SCC(=O)NCc2nc3ccccc3[nH]2)cc1. The van der Waals surface area contributed by atoms with Gasteiger partial charge >= 0.3 is 0 Å². The Morgan fingerprint density at radius 3 is 2.81 bits per heavy atom. The number of fused-ring (bicyclic) bond motifs is 1. The van der Waals surface area contributed by atoms with Crippen LogP contribution >= 0.6 is 11.8 Å². The maximum atomic E-state index is 12.2. The van der Waals surface area contributed by atoms with Crippen molar-refractivity contribution in [3.63, 3.8) is 0 Å². The van der Waals surface area contributed by atoms with E-state index in [1.165, 1.54) is 17.3 Å².